The predicted molar refractivity (Wildman–Crippen MR) is 91.8 cm³/mol. The number of nitrogens with zero attached hydrogens (tertiary/aromatic N) is 3. The number of hydrogen-bond acceptors (Lipinski definition) is 6. The maximum atomic E-state index is 12.3. The predicted octanol–water partition coefficient (Wildman–Crippen LogP) is 1.93. The molecule has 1 aliphatic heterocycles. The second kappa shape index (κ2) is 7.11. The van der Waals surface area contributed by atoms with Crippen LogP contribution in [0.25, 0.3) is 0 Å². The second-order valence-corrected chi connectivity index (χ2v) is 6.50. The van der Waals surface area contributed by atoms with E-state index in [1.54, 1.807) is 4.90 Å². The van der Waals surface area contributed by atoms with E-state index in [4.69, 9.17) is 15.0 Å². The monoisotopic (exact) mass is 364 g/mol. The summed E-state index contributed by atoms with van der Waals surface area (Å²) in [6, 6.07) is 9.45. The van der Waals surface area contributed by atoms with Crippen LogP contribution in [0.1, 0.15) is 42.6 Å². The number of hydrogen-bond donors (Lipinski definition) is 1. The van der Waals surface area contributed by atoms with E-state index in [1.807, 2.05) is 30.3 Å². The first-order chi connectivity index (χ1) is 11.7. The molecule has 1 aromatic carbocycles. The summed E-state index contributed by atoms with van der Waals surface area (Å²) in [4.78, 5) is 18.6. The van der Waals surface area contributed by atoms with E-state index >= 15 is 0 Å². The lowest BCUT2D eigenvalue weighted by atomic mass is 9.77. The summed E-state index contributed by atoms with van der Waals surface area (Å²) in [6.07, 6.45) is 2.80. The third-order valence-corrected chi connectivity index (χ3v) is 4.81. The SMILES string of the molecule is Cl.NC1(c2noc([C@H]3COCC(=O)N3Cc3ccccc3)n2)CCC1. The van der Waals surface area contributed by atoms with E-state index in [9.17, 15) is 4.79 Å². The molecule has 0 unspecified atom stereocenters. The van der Waals surface area contributed by atoms with Crippen molar-refractivity contribution in [3.05, 3.63) is 47.6 Å². The fourth-order valence-corrected chi connectivity index (χ4v) is 3.14. The lowest BCUT2D eigenvalue weighted by molar-refractivity contribution is -0.150. The zero-order valence-corrected chi connectivity index (χ0v) is 14.6. The molecule has 134 valence electrons. The molecule has 1 aromatic heterocycles. The molecule has 0 radical (unpaired) electrons. The van der Waals surface area contributed by atoms with Gasteiger partial charge in [-0.05, 0) is 24.8 Å². The summed E-state index contributed by atoms with van der Waals surface area (Å²) in [5, 5.41) is 4.05. The van der Waals surface area contributed by atoms with Gasteiger partial charge in [-0.3, -0.25) is 4.79 Å². The van der Waals surface area contributed by atoms with Crippen molar-refractivity contribution in [2.75, 3.05) is 13.2 Å². The molecule has 1 saturated heterocycles. The molecule has 4 rings (SSSR count). The second-order valence-electron chi connectivity index (χ2n) is 6.50. The first-order valence-corrected chi connectivity index (χ1v) is 8.20. The Morgan fingerprint density at radius 2 is 2.04 bits per heavy atom. The summed E-state index contributed by atoms with van der Waals surface area (Å²) in [7, 11) is 0. The fourth-order valence-electron chi connectivity index (χ4n) is 3.14. The highest BCUT2D eigenvalue weighted by Crippen LogP contribution is 2.37. The van der Waals surface area contributed by atoms with Crippen molar-refractivity contribution < 1.29 is 14.1 Å². The maximum absolute atomic E-state index is 12.3. The number of carbonyl (C=O) groups is 1. The van der Waals surface area contributed by atoms with Gasteiger partial charge in [-0.2, -0.15) is 4.98 Å². The van der Waals surface area contributed by atoms with E-state index < -0.39 is 5.54 Å². The van der Waals surface area contributed by atoms with Gasteiger partial charge >= 0.3 is 0 Å². The quantitative estimate of drug-likeness (QED) is 0.890. The van der Waals surface area contributed by atoms with Crippen LogP contribution in [0.5, 0.6) is 0 Å². The van der Waals surface area contributed by atoms with Crippen LogP contribution in [0.2, 0.25) is 0 Å². The average molecular weight is 365 g/mol. The van der Waals surface area contributed by atoms with Crippen molar-refractivity contribution in [3.63, 3.8) is 0 Å². The van der Waals surface area contributed by atoms with Gasteiger partial charge in [0.1, 0.15) is 12.6 Å². The van der Waals surface area contributed by atoms with Gasteiger partial charge in [0.25, 0.3) is 5.89 Å². The molecule has 2 aromatic rings. The smallest absolute Gasteiger partial charge is 0.251 e. The van der Waals surface area contributed by atoms with Gasteiger partial charge in [0.15, 0.2) is 5.82 Å². The number of benzene rings is 1. The largest absolute Gasteiger partial charge is 0.369 e. The van der Waals surface area contributed by atoms with Crippen LogP contribution < -0.4 is 5.73 Å². The minimum absolute atomic E-state index is 0. The Kier molecular flexibility index (Phi) is 5.08. The third-order valence-electron chi connectivity index (χ3n) is 4.81. The molecule has 2 aliphatic rings. The normalized spacial score (nSPS) is 22.2. The molecule has 1 saturated carbocycles. The average Bonchev–Trinajstić information content (AvgIpc) is 3.06. The molecule has 25 heavy (non-hydrogen) atoms. The maximum Gasteiger partial charge on any atom is 0.251 e. The molecule has 2 N–H and O–H groups in total. The minimum atomic E-state index is -0.481. The number of nitrogens with two attached hydrogens (primary N) is 1. The Bertz CT molecular complexity index is 733. The van der Waals surface area contributed by atoms with E-state index in [0.717, 1.165) is 24.8 Å². The first kappa shape index (κ1) is 17.8. The fraction of sp³-hybridized carbons (Fsp3) is 0.471. The molecule has 0 bridgehead atoms. The van der Waals surface area contributed by atoms with Crippen LogP contribution >= 0.6 is 12.4 Å². The number of ether oxygens (including phenoxy) is 1. The van der Waals surface area contributed by atoms with Crippen molar-refractivity contribution in [1.82, 2.24) is 15.0 Å². The molecule has 2 heterocycles. The highest BCUT2D eigenvalue weighted by atomic mass is 35.5. The lowest BCUT2D eigenvalue weighted by Gasteiger charge is -2.35. The Morgan fingerprint density at radius 1 is 1.28 bits per heavy atom. The van der Waals surface area contributed by atoms with Crippen molar-refractivity contribution in [2.24, 2.45) is 5.73 Å². The first-order valence-electron chi connectivity index (χ1n) is 8.20. The van der Waals surface area contributed by atoms with Crippen LogP contribution in [0.4, 0.5) is 0 Å². The third kappa shape index (κ3) is 3.40. The van der Waals surface area contributed by atoms with E-state index in [-0.39, 0.29) is 31.0 Å². The Hall–Kier alpha value is -1.96. The van der Waals surface area contributed by atoms with Crippen LogP contribution in [0.15, 0.2) is 34.9 Å². The van der Waals surface area contributed by atoms with Gasteiger partial charge in [-0.15, -0.1) is 12.4 Å². The lowest BCUT2D eigenvalue weighted by Crippen LogP contribution is -2.45. The van der Waals surface area contributed by atoms with E-state index in [0.29, 0.717) is 24.9 Å². The molecule has 2 fully saturated rings. The number of carbonyl (C=O) groups excluding carboxylic acids is 1. The van der Waals surface area contributed by atoms with Gasteiger partial charge in [0.05, 0.1) is 12.1 Å². The summed E-state index contributed by atoms with van der Waals surface area (Å²) >= 11 is 0. The zero-order valence-electron chi connectivity index (χ0n) is 13.8. The molecule has 1 amide bonds. The molecule has 7 nitrogen and oxygen atoms in total. The molecular weight excluding hydrogens is 344 g/mol. The highest BCUT2D eigenvalue weighted by Gasteiger charge is 2.41. The molecular formula is C17H21ClN4O3. The van der Waals surface area contributed by atoms with Gasteiger partial charge in [0, 0.05) is 6.54 Å². The molecule has 8 heteroatoms. The van der Waals surface area contributed by atoms with Gasteiger partial charge in [-0.25, -0.2) is 0 Å². The summed E-state index contributed by atoms with van der Waals surface area (Å²) in [5.41, 5.74) is 6.82. The number of halogens is 1. The van der Waals surface area contributed by atoms with Crippen molar-refractivity contribution in [2.45, 2.75) is 37.4 Å². The molecule has 1 aliphatic carbocycles. The van der Waals surface area contributed by atoms with Crippen molar-refractivity contribution in [1.29, 1.82) is 0 Å². The number of aromatic nitrogens is 2. The van der Waals surface area contributed by atoms with E-state index in [1.165, 1.54) is 0 Å². The van der Waals surface area contributed by atoms with E-state index in [2.05, 4.69) is 10.1 Å². The summed E-state index contributed by atoms with van der Waals surface area (Å²) < 4.78 is 10.8. The van der Waals surface area contributed by atoms with Gasteiger partial charge in [0.2, 0.25) is 5.91 Å². The Morgan fingerprint density at radius 3 is 2.72 bits per heavy atom. The van der Waals surface area contributed by atoms with Crippen LogP contribution in [0, 0.1) is 0 Å². The van der Waals surface area contributed by atoms with Crippen LogP contribution in [-0.2, 0) is 21.6 Å². The van der Waals surface area contributed by atoms with Crippen molar-refractivity contribution >= 4 is 18.3 Å². The van der Waals surface area contributed by atoms with Crippen LogP contribution in [-0.4, -0.2) is 34.2 Å². The van der Waals surface area contributed by atoms with Crippen LogP contribution in [0.3, 0.4) is 0 Å². The Balaban J connectivity index is 0.00000182. The van der Waals surface area contributed by atoms with Gasteiger partial charge < -0.3 is 19.9 Å². The topological polar surface area (TPSA) is 94.5 Å². The van der Waals surface area contributed by atoms with Crippen molar-refractivity contribution in [3.8, 4) is 0 Å². The zero-order chi connectivity index (χ0) is 16.6. The number of rotatable bonds is 4. The summed E-state index contributed by atoms with van der Waals surface area (Å²) in [6.45, 7) is 0.905. The number of morpholine rings is 1. The van der Waals surface area contributed by atoms with Gasteiger partial charge in [-0.1, -0.05) is 35.5 Å². The minimum Gasteiger partial charge on any atom is -0.369 e. The molecule has 0 spiro atoms. The molecule has 1 atom stereocenters. The highest BCUT2D eigenvalue weighted by molar-refractivity contribution is 5.85. The summed E-state index contributed by atoms with van der Waals surface area (Å²) in [5.74, 6) is 0.841. The standard InChI is InChI=1S/C17H20N4O3.ClH/c18-17(7-4-8-17)16-19-15(24-20-16)13-10-23-11-14(22)21(13)9-12-5-2-1-3-6-12;/h1-3,5-6,13H,4,7-11,18H2;1H/t13-;/m1./s1. The number of amides is 1. The Labute approximate surface area is 151 Å².